The van der Waals surface area contributed by atoms with E-state index in [0.717, 1.165) is 69.0 Å². The Balaban J connectivity index is 0.987. The molecule has 0 fully saturated rings. The first-order valence-electron chi connectivity index (χ1n) is 18.6. The van der Waals surface area contributed by atoms with Crippen molar-refractivity contribution in [3.8, 4) is 11.1 Å². The molecule has 2 aliphatic carbocycles. The van der Waals surface area contributed by atoms with Crippen LogP contribution in [0.5, 0.6) is 0 Å². The molecule has 0 amide bonds. The van der Waals surface area contributed by atoms with E-state index < -0.39 is 0 Å². The third-order valence-electron chi connectivity index (χ3n) is 11.3. The van der Waals surface area contributed by atoms with Crippen LogP contribution in [0.4, 0.5) is 5.69 Å². The number of hydrogen-bond acceptors (Lipinski definition) is 3. The zero-order valence-electron chi connectivity index (χ0n) is 29.1. The van der Waals surface area contributed by atoms with Gasteiger partial charge in [0.05, 0.1) is 0 Å². The molecule has 11 rings (SSSR count). The molecule has 1 N–H and O–H groups in total. The molecule has 2 heterocycles. The molecule has 9 aromatic rings. The molecule has 0 spiro atoms. The molecule has 0 bridgehead atoms. The summed E-state index contributed by atoms with van der Waals surface area (Å²) in [4.78, 5) is 0. The molecular formula is C50H35NO2. The fourth-order valence-electron chi connectivity index (χ4n) is 8.81. The van der Waals surface area contributed by atoms with Crippen LogP contribution in [0.25, 0.3) is 82.9 Å². The van der Waals surface area contributed by atoms with Crippen LogP contribution in [0.2, 0.25) is 0 Å². The summed E-state index contributed by atoms with van der Waals surface area (Å²) in [5.41, 5.74) is 12.3. The summed E-state index contributed by atoms with van der Waals surface area (Å²) in [5.74, 6) is 0.262. The number of fused-ring (bicyclic) bond motifs is 9. The van der Waals surface area contributed by atoms with Gasteiger partial charge >= 0.3 is 0 Å². The minimum absolute atomic E-state index is 0.262. The molecule has 3 nitrogen and oxygen atoms in total. The Kier molecular flexibility index (Phi) is 6.81. The molecular weight excluding hydrogens is 647 g/mol. The number of rotatable bonds is 5. The van der Waals surface area contributed by atoms with Crippen molar-refractivity contribution in [1.82, 2.24) is 0 Å². The van der Waals surface area contributed by atoms with E-state index in [2.05, 4.69) is 157 Å². The first-order chi connectivity index (χ1) is 26.2. The van der Waals surface area contributed by atoms with Crippen molar-refractivity contribution in [2.45, 2.75) is 25.2 Å². The van der Waals surface area contributed by atoms with E-state index in [0.29, 0.717) is 0 Å². The van der Waals surface area contributed by atoms with Gasteiger partial charge in [0.25, 0.3) is 0 Å². The molecule has 0 radical (unpaired) electrons. The summed E-state index contributed by atoms with van der Waals surface area (Å²) in [5, 5.41) is 13.8. The summed E-state index contributed by atoms with van der Waals surface area (Å²) in [6.45, 7) is 0. The quantitative estimate of drug-likeness (QED) is 0.184. The molecule has 53 heavy (non-hydrogen) atoms. The molecule has 7 aromatic carbocycles. The highest BCUT2D eigenvalue weighted by Crippen LogP contribution is 2.41. The highest BCUT2D eigenvalue weighted by molar-refractivity contribution is 6.09. The van der Waals surface area contributed by atoms with Crippen molar-refractivity contribution in [2.24, 2.45) is 0 Å². The van der Waals surface area contributed by atoms with E-state index in [1.807, 2.05) is 12.1 Å². The number of hydrogen-bond donors (Lipinski definition) is 1. The molecule has 0 saturated heterocycles. The van der Waals surface area contributed by atoms with Crippen LogP contribution in [-0.2, 0) is 0 Å². The van der Waals surface area contributed by atoms with Gasteiger partial charge in [-0.1, -0.05) is 115 Å². The fraction of sp³-hybridized carbons (Fsp3) is 0.0800. The van der Waals surface area contributed by atoms with Gasteiger partial charge in [-0.05, 0) is 117 Å². The Bertz CT molecular complexity index is 3130. The molecule has 0 saturated carbocycles. The van der Waals surface area contributed by atoms with Crippen LogP contribution in [0.1, 0.15) is 36.3 Å². The van der Waals surface area contributed by atoms with Crippen LogP contribution in [0.15, 0.2) is 167 Å². The van der Waals surface area contributed by atoms with E-state index in [9.17, 15) is 0 Å². The molecule has 2 aromatic heterocycles. The van der Waals surface area contributed by atoms with Crippen LogP contribution >= 0.6 is 0 Å². The normalized spacial score (nSPS) is 15.7. The molecule has 252 valence electrons. The van der Waals surface area contributed by atoms with Crippen molar-refractivity contribution < 1.29 is 8.83 Å². The summed E-state index contributed by atoms with van der Waals surface area (Å²) >= 11 is 0. The van der Waals surface area contributed by atoms with Crippen molar-refractivity contribution in [2.75, 3.05) is 5.32 Å². The first-order valence-corrected chi connectivity index (χ1v) is 18.6. The van der Waals surface area contributed by atoms with Gasteiger partial charge in [0.1, 0.15) is 22.2 Å². The lowest BCUT2D eigenvalue weighted by atomic mass is 9.81. The molecule has 3 heteroatoms. The van der Waals surface area contributed by atoms with Crippen molar-refractivity contribution >= 4 is 77.5 Å². The third kappa shape index (κ3) is 4.96. The number of allylic oxidation sites excluding steroid dienone is 4. The Morgan fingerprint density at radius 3 is 2.30 bits per heavy atom. The maximum atomic E-state index is 6.60. The van der Waals surface area contributed by atoms with E-state index in [1.54, 1.807) is 0 Å². The van der Waals surface area contributed by atoms with Crippen LogP contribution in [0, 0.1) is 0 Å². The van der Waals surface area contributed by atoms with Crippen LogP contribution < -0.4 is 16.0 Å². The van der Waals surface area contributed by atoms with Gasteiger partial charge in [0, 0.05) is 38.7 Å². The minimum Gasteiger partial charge on any atom is -0.456 e. The smallest absolute Gasteiger partial charge is 0.136 e. The average molecular weight is 682 g/mol. The van der Waals surface area contributed by atoms with Gasteiger partial charge < -0.3 is 14.2 Å². The lowest BCUT2D eigenvalue weighted by Gasteiger charge is -2.22. The number of anilines is 1. The Morgan fingerprint density at radius 1 is 0.585 bits per heavy atom. The summed E-state index contributed by atoms with van der Waals surface area (Å²) < 4.78 is 12.7. The van der Waals surface area contributed by atoms with Gasteiger partial charge in [-0.15, -0.1) is 0 Å². The van der Waals surface area contributed by atoms with Gasteiger partial charge in [-0.25, -0.2) is 0 Å². The number of para-hydroxylation sites is 1. The Hall–Kier alpha value is -6.58. The number of benzene rings is 7. The van der Waals surface area contributed by atoms with Gasteiger partial charge in [-0.3, -0.25) is 0 Å². The van der Waals surface area contributed by atoms with E-state index >= 15 is 0 Å². The highest BCUT2D eigenvalue weighted by Gasteiger charge is 2.22. The Labute approximate surface area is 306 Å². The summed E-state index contributed by atoms with van der Waals surface area (Å²) in [7, 11) is 0. The first kappa shape index (κ1) is 30.1. The van der Waals surface area contributed by atoms with Crippen molar-refractivity contribution in [1.29, 1.82) is 0 Å². The molecule has 2 aliphatic rings. The molecule has 0 aliphatic heterocycles. The predicted octanol–water partition coefficient (Wildman–Crippen LogP) is 12.2. The molecule has 1 unspecified atom stereocenters. The van der Waals surface area contributed by atoms with Gasteiger partial charge in [-0.2, -0.15) is 0 Å². The molecule has 1 atom stereocenters. The summed E-state index contributed by atoms with van der Waals surface area (Å²) in [6.07, 6.45) is 11.9. The fourth-order valence-corrected chi connectivity index (χ4v) is 8.81. The highest BCUT2D eigenvalue weighted by atomic mass is 16.3. The lowest BCUT2D eigenvalue weighted by molar-refractivity contribution is 0.571. The van der Waals surface area contributed by atoms with Crippen LogP contribution in [0.3, 0.4) is 0 Å². The van der Waals surface area contributed by atoms with E-state index in [-0.39, 0.29) is 5.92 Å². The van der Waals surface area contributed by atoms with Crippen LogP contribution in [-0.4, -0.2) is 0 Å². The number of furan rings is 2. The van der Waals surface area contributed by atoms with Crippen molar-refractivity contribution in [3.63, 3.8) is 0 Å². The number of nitrogens with one attached hydrogen (secondary N) is 1. The topological polar surface area (TPSA) is 38.3 Å². The van der Waals surface area contributed by atoms with E-state index in [4.69, 9.17) is 8.83 Å². The average Bonchev–Trinajstić information content (AvgIpc) is 3.79. The second kappa shape index (κ2) is 12.0. The zero-order valence-corrected chi connectivity index (χ0v) is 29.1. The SMILES string of the molecule is C1=CC(c2cc3ccccc3c3ccccc23)CC(c2cccc3oc4c(c23)=C(Nc2cccc(-c3ccc5oc6ccccc6c5c3)c2)CCC=4)=C1. The van der Waals surface area contributed by atoms with E-state index in [1.165, 1.54) is 54.5 Å². The Morgan fingerprint density at radius 2 is 1.36 bits per heavy atom. The monoisotopic (exact) mass is 681 g/mol. The zero-order chi connectivity index (χ0) is 34.9. The summed E-state index contributed by atoms with van der Waals surface area (Å²) in [6, 6.07) is 50.0. The van der Waals surface area contributed by atoms with Crippen molar-refractivity contribution in [3.05, 3.63) is 180 Å². The maximum Gasteiger partial charge on any atom is 0.136 e. The standard InChI is InChI=1S/C50H35NO2/c1-2-16-37-35(11-1)30-42(40-18-4-3-17-39(37)40)34-14-7-13-33(27-34)38-20-9-23-47-49(38)50-44(21-10-24-48(50)53-47)51-36-15-8-12-31(28-36)32-25-26-46-43(29-32)41-19-5-6-22-45(41)52-46/h1-9,11-20,22-26,28-30,34,51H,10,21,27H2. The second-order valence-electron chi connectivity index (χ2n) is 14.4. The second-order valence-corrected chi connectivity index (χ2v) is 14.4. The largest absolute Gasteiger partial charge is 0.456 e. The van der Waals surface area contributed by atoms with Gasteiger partial charge in [0.15, 0.2) is 0 Å². The van der Waals surface area contributed by atoms with Gasteiger partial charge in [0.2, 0.25) is 0 Å². The minimum atomic E-state index is 0.262. The predicted molar refractivity (Wildman–Crippen MR) is 221 cm³/mol. The maximum absolute atomic E-state index is 6.60. The lowest BCUT2D eigenvalue weighted by Crippen LogP contribution is -2.29. The third-order valence-corrected chi connectivity index (χ3v) is 11.3.